The molecule has 1 unspecified atom stereocenters. The molecule has 1 atom stereocenters. The third kappa shape index (κ3) is 3.13. The van der Waals surface area contributed by atoms with Crippen LogP contribution in [0, 0.1) is 0 Å². The van der Waals surface area contributed by atoms with Gasteiger partial charge in [0.2, 0.25) is 10.0 Å². The zero-order valence-corrected chi connectivity index (χ0v) is 12.9. The smallest absolute Gasteiger partial charge is 0.242 e. The van der Waals surface area contributed by atoms with Gasteiger partial charge in [0.15, 0.2) is 0 Å². The molecule has 1 aromatic rings. The summed E-state index contributed by atoms with van der Waals surface area (Å²) in [6, 6.07) is 7.60. The third-order valence-corrected chi connectivity index (χ3v) is 5.13. The SMILES string of the molecule is CCCN(c1ccccc1S(=O)(=O)NC)C1CCNC1. The van der Waals surface area contributed by atoms with Crippen LogP contribution in [-0.4, -0.2) is 41.1 Å². The van der Waals surface area contributed by atoms with Crippen LogP contribution in [0.3, 0.4) is 0 Å². The van der Waals surface area contributed by atoms with Crippen molar-refractivity contribution >= 4 is 15.7 Å². The molecular weight excluding hydrogens is 274 g/mol. The molecule has 112 valence electrons. The first-order chi connectivity index (χ1) is 9.60. The molecular formula is C14H23N3O2S. The minimum absolute atomic E-state index is 0.364. The first kappa shape index (κ1) is 15.3. The molecule has 0 spiro atoms. The lowest BCUT2D eigenvalue weighted by Crippen LogP contribution is -2.38. The van der Waals surface area contributed by atoms with E-state index in [0.717, 1.165) is 38.2 Å². The molecule has 5 nitrogen and oxygen atoms in total. The lowest BCUT2D eigenvalue weighted by molar-refractivity contribution is 0.584. The molecule has 0 radical (unpaired) electrons. The fourth-order valence-electron chi connectivity index (χ4n) is 2.68. The Morgan fingerprint density at radius 3 is 2.75 bits per heavy atom. The molecule has 1 aliphatic rings. The number of rotatable bonds is 6. The summed E-state index contributed by atoms with van der Waals surface area (Å²) in [5.74, 6) is 0. The zero-order chi connectivity index (χ0) is 14.6. The highest BCUT2D eigenvalue weighted by Crippen LogP contribution is 2.28. The van der Waals surface area contributed by atoms with Crippen molar-refractivity contribution in [1.29, 1.82) is 0 Å². The maximum Gasteiger partial charge on any atom is 0.242 e. The van der Waals surface area contributed by atoms with Crippen LogP contribution in [0.5, 0.6) is 0 Å². The van der Waals surface area contributed by atoms with E-state index >= 15 is 0 Å². The van der Waals surface area contributed by atoms with E-state index in [9.17, 15) is 8.42 Å². The highest BCUT2D eigenvalue weighted by Gasteiger charge is 2.26. The fourth-order valence-corrected chi connectivity index (χ4v) is 3.62. The topological polar surface area (TPSA) is 61.4 Å². The van der Waals surface area contributed by atoms with E-state index in [1.807, 2.05) is 12.1 Å². The number of nitrogens with one attached hydrogen (secondary N) is 2. The van der Waals surface area contributed by atoms with Crippen LogP contribution >= 0.6 is 0 Å². The fraction of sp³-hybridized carbons (Fsp3) is 0.571. The summed E-state index contributed by atoms with van der Waals surface area (Å²) in [5.41, 5.74) is 0.803. The average Bonchev–Trinajstić information content (AvgIpc) is 2.98. The van der Waals surface area contributed by atoms with Crippen LogP contribution in [0.2, 0.25) is 0 Å². The standard InChI is InChI=1S/C14H23N3O2S/c1-3-10-17(12-8-9-16-11-12)13-6-4-5-7-14(13)20(18,19)15-2/h4-7,12,15-16H,3,8-11H2,1-2H3. The van der Waals surface area contributed by atoms with Crippen molar-refractivity contribution in [3.8, 4) is 0 Å². The van der Waals surface area contributed by atoms with Gasteiger partial charge in [-0.25, -0.2) is 13.1 Å². The van der Waals surface area contributed by atoms with E-state index in [1.165, 1.54) is 7.05 Å². The van der Waals surface area contributed by atoms with Gasteiger partial charge in [0.25, 0.3) is 0 Å². The van der Waals surface area contributed by atoms with Crippen molar-refractivity contribution in [3.05, 3.63) is 24.3 Å². The second-order valence-electron chi connectivity index (χ2n) is 5.02. The lowest BCUT2D eigenvalue weighted by Gasteiger charge is -2.32. The van der Waals surface area contributed by atoms with Crippen LogP contribution in [0.25, 0.3) is 0 Å². The van der Waals surface area contributed by atoms with Gasteiger partial charge < -0.3 is 10.2 Å². The largest absolute Gasteiger partial charge is 0.366 e. The van der Waals surface area contributed by atoms with Gasteiger partial charge in [-0.15, -0.1) is 0 Å². The van der Waals surface area contributed by atoms with Gasteiger partial charge in [0, 0.05) is 19.1 Å². The molecule has 0 bridgehead atoms. The molecule has 0 amide bonds. The molecule has 1 aromatic carbocycles. The number of para-hydroxylation sites is 1. The Kier molecular flexibility index (Phi) is 5.01. The summed E-state index contributed by atoms with van der Waals surface area (Å²) in [7, 11) is -1.98. The first-order valence-electron chi connectivity index (χ1n) is 7.10. The summed E-state index contributed by atoms with van der Waals surface area (Å²) in [6.07, 6.45) is 2.04. The molecule has 6 heteroatoms. The molecule has 1 aliphatic heterocycles. The zero-order valence-electron chi connectivity index (χ0n) is 12.1. The number of nitrogens with zero attached hydrogens (tertiary/aromatic N) is 1. The molecule has 0 aliphatic carbocycles. The summed E-state index contributed by atoms with van der Waals surface area (Å²) in [4.78, 5) is 2.59. The predicted molar refractivity (Wildman–Crippen MR) is 81.6 cm³/mol. The highest BCUT2D eigenvalue weighted by molar-refractivity contribution is 7.89. The summed E-state index contributed by atoms with van der Waals surface area (Å²) < 4.78 is 26.8. The maximum absolute atomic E-state index is 12.2. The van der Waals surface area contributed by atoms with Crippen molar-refractivity contribution < 1.29 is 8.42 Å². The molecule has 0 saturated carbocycles. The van der Waals surface area contributed by atoms with Crippen LogP contribution in [0.4, 0.5) is 5.69 Å². The van der Waals surface area contributed by atoms with Crippen molar-refractivity contribution in [2.24, 2.45) is 0 Å². The van der Waals surface area contributed by atoms with Gasteiger partial charge in [-0.05, 0) is 38.6 Å². The predicted octanol–water partition coefficient (Wildman–Crippen LogP) is 1.17. The van der Waals surface area contributed by atoms with Gasteiger partial charge in [0.05, 0.1) is 5.69 Å². The van der Waals surface area contributed by atoms with Crippen molar-refractivity contribution in [1.82, 2.24) is 10.0 Å². The maximum atomic E-state index is 12.2. The van der Waals surface area contributed by atoms with E-state index in [0.29, 0.717) is 10.9 Å². The second-order valence-corrected chi connectivity index (χ2v) is 6.87. The van der Waals surface area contributed by atoms with Crippen LogP contribution in [-0.2, 0) is 10.0 Å². The van der Waals surface area contributed by atoms with Crippen LogP contribution in [0.15, 0.2) is 29.2 Å². The van der Waals surface area contributed by atoms with E-state index in [1.54, 1.807) is 12.1 Å². The van der Waals surface area contributed by atoms with Crippen molar-refractivity contribution in [2.75, 3.05) is 31.6 Å². The normalized spacial score (nSPS) is 19.2. The Labute approximate surface area is 121 Å². The summed E-state index contributed by atoms with van der Waals surface area (Å²) >= 11 is 0. The highest BCUT2D eigenvalue weighted by atomic mass is 32.2. The third-order valence-electron chi connectivity index (χ3n) is 3.67. The van der Waals surface area contributed by atoms with Gasteiger partial charge in [-0.3, -0.25) is 0 Å². The van der Waals surface area contributed by atoms with Gasteiger partial charge >= 0.3 is 0 Å². The molecule has 1 saturated heterocycles. The molecule has 20 heavy (non-hydrogen) atoms. The van der Waals surface area contributed by atoms with Crippen molar-refractivity contribution in [2.45, 2.75) is 30.7 Å². The second kappa shape index (κ2) is 6.56. The number of sulfonamides is 1. The van der Waals surface area contributed by atoms with Gasteiger partial charge in [-0.1, -0.05) is 19.1 Å². The van der Waals surface area contributed by atoms with E-state index in [2.05, 4.69) is 21.9 Å². The van der Waals surface area contributed by atoms with Crippen LogP contribution in [0.1, 0.15) is 19.8 Å². The van der Waals surface area contributed by atoms with Gasteiger partial charge in [0.1, 0.15) is 4.90 Å². The summed E-state index contributed by atoms with van der Waals surface area (Å²) in [5, 5.41) is 3.35. The molecule has 1 fully saturated rings. The lowest BCUT2D eigenvalue weighted by atomic mass is 10.1. The Bertz CT molecular complexity index is 539. The van der Waals surface area contributed by atoms with E-state index in [4.69, 9.17) is 0 Å². The quantitative estimate of drug-likeness (QED) is 0.827. The minimum Gasteiger partial charge on any atom is -0.366 e. The number of hydrogen-bond donors (Lipinski definition) is 2. The monoisotopic (exact) mass is 297 g/mol. The Balaban J connectivity index is 2.42. The molecule has 2 rings (SSSR count). The van der Waals surface area contributed by atoms with E-state index in [-0.39, 0.29) is 0 Å². The molecule has 2 N–H and O–H groups in total. The Hall–Kier alpha value is -1.11. The number of benzene rings is 1. The van der Waals surface area contributed by atoms with Gasteiger partial charge in [-0.2, -0.15) is 0 Å². The number of hydrogen-bond acceptors (Lipinski definition) is 4. The van der Waals surface area contributed by atoms with E-state index < -0.39 is 10.0 Å². The number of anilines is 1. The minimum atomic E-state index is -3.43. The first-order valence-corrected chi connectivity index (χ1v) is 8.58. The average molecular weight is 297 g/mol. The molecule has 0 aromatic heterocycles. The Morgan fingerprint density at radius 1 is 1.40 bits per heavy atom. The summed E-state index contributed by atoms with van der Waals surface area (Å²) in [6.45, 7) is 4.88. The van der Waals surface area contributed by atoms with Crippen LogP contribution < -0.4 is 14.9 Å². The Morgan fingerprint density at radius 2 is 2.15 bits per heavy atom. The molecule has 1 heterocycles. The van der Waals surface area contributed by atoms with Crippen molar-refractivity contribution in [3.63, 3.8) is 0 Å².